The number of carbonyl (C=O) groups excluding carboxylic acids is 2. The molecule has 2 amide bonds. The standard InChI is InChI=1S/C16H20N2O3/c1-6-12-8-7-9-13(10-12)18-14(19)11(2)17-15(20)21-16(3,4)5/h1,7-11H,2-5H3,(H,17,20)(H,18,19)/t11-/m0/s1. The average Bonchev–Trinajstić information content (AvgIpc) is 2.36. The molecule has 2 N–H and O–H groups in total. The minimum atomic E-state index is -0.727. The van der Waals surface area contributed by atoms with Crippen LogP contribution in [0, 0.1) is 12.3 Å². The summed E-state index contributed by atoms with van der Waals surface area (Å²) in [4.78, 5) is 23.6. The Kier molecular flexibility index (Phi) is 5.37. The molecule has 0 aliphatic rings. The summed E-state index contributed by atoms with van der Waals surface area (Å²) >= 11 is 0. The number of amides is 2. The van der Waals surface area contributed by atoms with Crippen LogP contribution in [0.4, 0.5) is 10.5 Å². The molecule has 0 aromatic heterocycles. The molecule has 5 heteroatoms. The second-order valence-corrected chi connectivity index (χ2v) is 5.58. The van der Waals surface area contributed by atoms with Crippen LogP contribution in [-0.2, 0) is 9.53 Å². The Morgan fingerprint density at radius 2 is 2.00 bits per heavy atom. The molecule has 0 saturated heterocycles. The van der Waals surface area contributed by atoms with Gasteiger partial charge in [-0.15, -0.1) is 6.42 Å². The lowest BCUT2D eigenvalue weighted by Crippen LogP contribution is -2.43. The monoisotopic (exact) mass is 288 g/mol. The maximum absolute atomic E-state index is 12.0. The van der Waals surface area contributed by atoms with Crippen molar-refractivity contribution >= 4 is 17.7 Å². The zero-order valence-electron chi connectivity index (χ0n) is 12.7. The highest BCUT2D eigenvalue weighted by Gasteiger charge is 2.21. The molecule has 0 unspecified atom stereocenters. The van der Waals surface area contributed by atoms with Crippen molar-refractivity contribution in [2.75, 3.05) is 5.32 Å². The van der Waals surface area contributed by atoms with Crippen molar-refractivity contribution in [3.8, 4) is 12.3 Å². The molecule has 112 valence electrons. The van der Waals surface area contributed by atoms with Crippen LogP contribution in [-0.4, -0.2) is 23.6 Å². The fourth-order valence-corrected chi connectivity index (χ4v) is 1.49. The molecule has 0 radical (unpaired) electrons. The molecular formula is C16H20N2O3. The smallest absolute Gasteiger partial charge is 0.408 e. The Bertz CT molecular complexity index is 568. The van der Waals surface area contributed by atoms with Gasteiger partial charge in [-0.25, -0.2) is 4.79 Å². The topological polar surface area (TPSA) is 67.4 Å². The van der Waals surface area contributed by atoms with E-state index >= 15 is 0 Å². The highest BCUT2D eigenvalue weighted by atomic mass is 16.6. The maximum atomic E-state index is 12.0. The largest absolute Gasteiger partial charge is 0.444 e. The molecule has 0 bridgehead atoms. The van der Waals surface area contributed by atoms with Gasteiger partial charge in [-0.2, -0.15) is 0 Å². The number of hydrogen-bond donors (Lipinski definition) is 2. The number of ether oxygens (including phenoxy) is 1. The van der Waals surface area contributed by atoms with E-state index in [2.05, 4.69) is 16.6 Å². The summed E-state index contributed by atoms with van der Waals surface area (Å²) in [6.07, 6.45) is 4.66. The van der Waals surface area contributed by atoms with Crippen molar-refractivity contribution in [1.82, 2.24) is 5.32 Å². The van der Waals surface area contributed by atoms with Gasteiger partial charge in [0.05, 0.1) is 0 Å². The first-order valence-corrected chi connectivity index (χ1v) is 6.58. The normalized spacial score (nSPS) is 12.0. The van der Waals surface area contributed by atoms with Gasteiger partial charge in [-0.1, -0.05) is 12.0 Å². The molecule has 0 fully saturated rings. The van der Waals surface area contributed by atoms with Gasteiger partial charge in [0, 0.05) is 11.3 Å². The van der Waals surface area contributed by atoms with Crippen LogP contribution in [0.2, 0.25) is 0 Å². The lowest BCUT2D eigenvalue weighted by molar-refractivity contribution is -0.117. The van der Waals surface area contributed by atoms with Gasteiger partial charge in [0.1, 0.15) is 11.6 Å². The third-order valence-electron chi connectivity index (χ3n) is 2.42. The van der Waals surface area contributed by atoms with Crippen LogP contribution >= 0.6 is 0 Å². The Morgan fingerprint density at radius 1 is 1.33 bits per heavy atom. The van der Waals surface area contributed by atoms with Crippen molar-refractivity contribution < 1.29 is 14.3 Å². The molecule has 5 nitrogen and oxygen atoms in total. The van der Waals surface area contributed by atoms with E-state index in [1.165, 1.54) is 0 Å². The molecule has 1 aromatic rings. The van der Waals surface area contributed by atoms with E-state index in [-0.39, 0.29) is 5.91 Å². The molecular weight excluding hydrogens is 268 g/mol. The highest BCUT2D eigenvalue weighted by molar-refractivity contribution is 5.96. The maximum Gasteiger partial charge on any atom is 0.408 e. The number of terminal acetylenes is 1. The van der Waals surface area contributed by atoms with Gasteiger partial charge in [0.15, 0.2) is 0 Å². The molecule has 1 atom stereocenters. The van der Waals surface area contributed by atoms with Crippen molar-refractivity contribution in [2.24, 2.45) is 0 Å². The third kappa shape index (κ3) is 6.00. The van der Waals surface area contributed by atoms with Crippen LogP contribution in [0.15, 0.2) is 24.3 Å². The number of nitrogens with one attached hydrogen (secondary N) is 2. The summed E-state index contributed by atoms with van der Waals surface area (Å²) in [5.74, 6) is 2.13. The second kappa shape index (κ2) is 6.80. The summed E-state index contributed by atoms with van der Waals surface area (Å²) in [6.45, 7) is 6.83. The summed E-state index contributed by atoms with van der Waals surface area (Å²) < 4.78 is 5.09. The predicted octanol–water partition coefficient (Wildman–Crippen LogP) is 2.52. The van der Waals surface area contributed by atoms with Crippen molar-refractivity contribution in [3.05, 3.63) is 29.8 Å². The van der Waals surface area contributed by atoms with E-state index in [4.69, 9.17) is 11.2 Å². The number of rotatable bonds is 3. The summed E-state index contributed by atoms with van der Waals surface area (Å²) in [7, 11) is 0. The van der Waals surface area contributed by atoms with Gasteiger partial charge in [-0.05, 0) is 45.9 Å². The van der Waals surface area contributed by atoms with E-state index in [1.54, 1.807) is 52.0 Å². The van der Waals surface area contributed by atoms with E-state index in [0.717, 1.165) is 0 Å². The molecule has 21 heavy (non-hydrogen) atoms. The van der Waals surface area contributed by atoms with Crippen LogP contribution in [0.1, 0.15) is 33.3 Å². The quantitative estimate of drug-likeness (QED) is 0.840. The minimum Gasteiger partial charge on any atom is -0.444 e. The fraction of sp³-hybridized carbons (Fsp3) is 0.375. The first-order chi connectivity index (χ1) is 9.71. The Balaban J connectivity index is 2.59. The number of anilines is 1. The molecule has 0 aliphatic carbocycles. The van der Waals surface area contributed by atoms with E-state index < -0.39 is 17.7 Å². The summed E-state index contributed by atoms with van der Waals surface area (Å²) in [5.41, 5.74) is 0.635. The Labute approximate surface area is 125 Å². The zero-order chi connectivity index (χ0) is 16.0. The second-order valence-electron chi connectivity index (χ2n) is 5.58. The summed E-state index contributed by atoms with van der Waals surface area (Å²) in [6, 6.07) is 6.18. The van der Waals surface area contributed by atoms with Gasteiger partial charge >= 0.3 is 6.09 Å². The number of benzene rings is 1. The number of carbonyl (C=O) groups is 2. The molecule has 0 heterocycles. The van der Waals surface area contributed by atoms with Crippen molar-refractivity contribution in [1.29, 1.82) is 0 Å². The van der Waals surface area contributed by atoms with Crippen LogP contribution < -0.4 is 10.6 Å². The average molecular weight is 288 g/mol. The van der Waals surface area contributed by atoms with Crippen LogP contribution in [0.25, 0.3) is 0 Å². The lowest BCUT2D eigenvalue weighted by atomic mass is 10.2. The molecule has 0 saturated carbocycles. The van der Waals surface area contributed by atoms with Crippen molar-refractivity contribution in [2.45, 2.75) is 39.3 Å². The third-order valence-corrected chi connectivity index (χ3v) is 2.42. The summed E-state index contributed by atoms with van der Waals surface area (Å²) in [5, 5.41) is 5.15. The van der Waals surface area contributed by atoms with E-state index in [0.29, 0.717) is 11.3 Å². The predicted molar refractivity (Wildman–Crippen MR) is 81.8 cm³/mol. The first kappa shape index (κ1) is 16.6. The molecule has 0 aliphatic heterocycles. The van der Waals surface area contributed by atoms with E-state index in [9.17, 15) is 9.59 Å². The van der Waals surface area contributed by atoms with Crippen LogP contribution in [0.5, 0.6) is 0 Å². The zero-order valence-corrected chi connectivity index (χ0v) is 12.7. The van der Waals surface area contributed by atoms with Gasteiger partial charge in [0.25, 0.3) is 0 Å². The molecule has 1 rings (SSSR count). The van der Waals surface area contributed by atoms with Gasteiger partial charge in [0.2, 0.25) is 5.91 Å². The lowest BCUT2D eigenvalue weighted by Gasteiger charge is -2.21. The Hall–Kier alpha value is -2.48. The minimum absolute atomic E-state index is 0.352. The highest BCUT2D eigenvalue weighted by Crippen LogP contribution is 2.10. The first-order valence-electron chi connectivity index (χ1n) is 6.58. The number of hydrogen-bond acceptors (Lipinski definition) is 3. The number of alkyl carbamates (subject to hydrolysis) is 1. The molecule has 0 spiro atoms. The van der Waals surface area contributed by atoms with Crippen LogP contribution in [0.3, 0.4) is 0 Å². The van der Waals surface area contributed by atoms with Gasteiger partial charge in [-0.3, -0.25) is 4.79 Å². The van der Waals surface area contributed by atoms with Gasteiger partial charge < -0.3 is 15.4 Å². The Morgan fingerprint density at radius 3 is 2.57 bits per heavy atom. The van der Waals surface area contributed by atoms with Crippen molar-refractivity contribution in [3.63, 3.8) is 0 Å². The van der Waals surface area contributed by atoms with E-state index in [1.807, 2.05) is 0 Å². The fourth-order valence-electron chi connectivity index (χ4n) is 1.49. The molecule has 1 aromatic carbocycles. The SMILES string of the molecule is C#Cc1cccc(NC(=O)[C@H](C)NC(=O)OC(C)(C)C)c1.